The van der Waals surface area contributed by atoms with Crippen LogP contribution in [0.2, 0.25) is 0 Å². The molecule has 6 nitrogen and oxygen atoms in total. The summed E-state index contributed by atoms with van der Waals surface area (Å²) in [4.78, 5) is 6.75. The van der Waals surface area contributed by atoms with Gasteiger partial charge in [-0.1, -0.05) is 17.4 Å². The molecule has 3 aromatic rings. The smallest absolute Gasteiger partial charge is 0.209 e. The highest BCUT2D eigenvalue weighted by Crippen LogP contribution is 2.40. The lowest BCUT2D eigenvalue weighted by molar-refractivity contribution is 0.695. The molecule has 0 saturated carbocycles. The topological polar surface area (TPSA) is 59.7 Å². The molecule has 4 rings (SSSR count). The first-order valence-corrected chi connectivity index (χ1v) is 8.98. The Morgan fingerprint density at radius 1 is 1.21 bits per heavy atom. The van der Waals surface area contributed by atoms with Crippen molar-refractivity contribution in [3.8, 4) is 10.7 Å². The first kappa shape index (κ1) is 15.3. The minimum atomic E-state index is 0.336. The molecule has 1 aliphatic rings. The van der Waals surface area contributed by atoms with Gasteiger partial charge >= 0.3 is 0 Å². The molecule has 0 amide bonds. The number of hydrogen-bond donors (Lipinski definition) is 0. The molecule has 0 radical (unpaired) electrons. The van der Waals surface area contributed by atoms with Crippen molar-refractivity contribution in [3.05, 3.63) is 41.3 Å². The fourth-order valence-corrected chi connectivity index (χ4v) is 4.39. The van der Waals surface area contributed by atoms with Crippen molar-refractivity contribution in [2.45, 2.75) is 32.7 Å². The number of pyridine rings is 1. The zero-order chi connectivity index (χ0) is 16.7. The third kappa shape index (κ3) is 2.49. The molecule has 24 heavy (non-hydrogen) atoms. The standard InChI is InChI=1S/C17H20N6S/c1-11-15(12(2)22(3)21-11)14-8-6-10-23(14)17-20-19-16(24-17)13-7-4-5-9-18-13/h4-5,7,9,14H,6,8,10H2,1-3H3. The van der Waals surface area contributed by atoms with E-state index in [0.29, 0.717) is 6.04 Å². The van der Waals surface area contributed by atoms with Gasteiger partial charge < -0.3 is 4.90 Å². The number of hydrogen-bond acceptors (Lipinski definition) is 6. The summed E-state index contributed by atoms with van der Waals surface area (Å²) in [7, 11) is 2.01. The summed E-state index contributed by atoms with van der Waals surface area (Å²) in [5.74, 6) is 0. The second-order valence-corrected chi connectivity index (χ2v) is 7.12. The van der Waals surface area contributed by atoms with Crippen molar-refractivity contribution in [1.29, 1.82) is 0 Å². The van der Waals surface area contributed by atoms with Gasteiger partial charge in [-0.2, -0.15) is 5.10 Å². The van der Waals surface area contributed by atoms with Crippen LogP contribution < -0.4 is 4.90 Å². The van der Waals surface area contributed by atoms with Crippen LogP contribution in [0.1, 0.15) is 35.8 Å². The average Bonchev–Trinajstić information content (AvgIpc) is 3.28. The molecule has 0 N–H and O–H groups in total. The monoisotopic (exact) mass is 340 g/mol. The molecule has 3 aromatic heterocycles. The lowest BCUT2D eigenvalue weighted by atomic mass is 10.0. The third-order valence-electron chi connectivity index (χ3n) is 4.70. The first-order valence-electron chi connectivity index (χ1n) is 8.17. The first-order chi connectivity index (χ1) is 11.6. The predicted octanol–water partition coefficient (Wildman–Crippen LogP) is 3.29. The lowest BCUT2D eigenvalue weighted by Gasteiger charge is -2.24. The molecule has 7 heteroatoms. The molecule has 1 saturated heterocycles. The largest absolute Gasteiger partial charge is 0.339 e. The summed E-state index contributed by atoms with van der Waals surface area (Å²) in [5.41, 5.74) is 4.57. The van der Waals surface area contributed by atoms with Crippen molar-refractivity contribution < 1.29 is 0 Å². The van der Waals surface area contributed by atoms with E-state index in [9.17, 15) is 0 Å². The Morgan fingerprint density at radius 2 is 2.08 bits per heavy atom. The minimum absolute atomic E-state index is 0.336. The SMILES string of the molecule is Cc1nn(C)c(C)c1C1CCCN1c1nnc(-c2ccccn2)s1. The van der Waals surface area contributed by atoms with E-state index in [1.54, 1.807) is 17.5 Å². The van der Waals surface area contributed by atoms with Crippen molar-refractivity contribution in [2.75, 3.05) is 11.4 Å². The van der Waals surface area contributed by atoms with Gasteiger partial charge in [-0.25, -0.2) is 0 Å². The second kappa shape index (κ2) is 5.98. The Morgan fingerprint density at radius 3 is 2.79 bits per heavy atom. The molecule has 4 heterocycles. The zero-order valence-electron chi connectivity index (χ0n) is 14.1. The highest BCUT2D eigenvalue weighted by molar-refractivity contribution is 7.18. The van der Waals surface area contributed by atoms with Crippen LogP contribution in [0.15, 0.2) is 24.4 Å². The number of aromatic nitrogens is 5. The zero-order valence-corrected chi connectivity index (χ0v) is 14.9. The van der Waals surface area contributed by atoms with E-state index in [-0.39, 0.29) is 0 Å². The number of anilines is 1. The van der Waals surface area contributed by atoms with Crippen LogP contribution in [-0.4, -0.2) is 31.5 Å². The molecule has 0 aromatic carbocycles. The fourth-order valence-electron chi connectivity index (χ4n) is 3.49. The summed E-state index contributed by atoms with van der Waals surface area (Å²) in [6, 6.07) is 6.20. The molecular formula is C17H20N6S. The Bertz CT molecular complexity index is 853. The Hall–Kier alpha value is -2.28. The van der Waals surface area contributed by atoms with Gasteiger partial charge in [0.05, 0.1) is 11.7 Å². The predicted molar refractivity (Wildman–Crippen MR) is 95.1 cm³/mol. The van der Waals surface area contributed by atoms with E-state index in [1.165, 1.54) is 11.3 Å². The lowest BCUT2D eigenvalue weighted by Crippen LogP contribution is -2.23. The fraction of sp³-hybridized carbons (Fsp3) is 0.412. The van der Waals surface area contributed by atoms with Crippen molar-refractivity contribution in [2.24, 2.45) is 7.05 Å². The third-order valence-corrected chi connectivity index (χ3v) is 5.68. The van der Waals surface area contributed by atoms with Crippen LogP contribution in [0.3, 0.4) is 0 Å². The molecule has 1 fully saturated rings. The van der Waals surface area contributed by atoms with E-state index in [1.807, 2.05) is 29.9 Å². The van der Waals surface area contributed by atoms with E-state index >= 15 is 0 Å². The number of rotatable bonds is 3. The van der Waals surface area contributed by atoms with Crippen LogP contribution in [0, 0.1) is 13.8 Å². The van der Waals surface area contributed by atoms with Crippen molar-refractivity contribution >= 4 is 16.5 Å². The van der Waals surface area contributed by atoms with Gasteiger partial charge in [-0.15, -0.1) is 10.2 Å². The molecule has 1 atom stereocenters. The Kier molecular flexibility index (Phi) is 3.80. The normalized spacial score (nSPS) is 17.6. The van der Waals surface area contributed by atoms with Gasteiger partial charge in [0.2, 0.25) is 5.13 Å². The number of aryl methyl sites for hydroxylation is 2. The van der Waals surface area contributed by atoms with Gasteiger partial charge in [0.15, 0.2) is 5.01 Å². The minimum Gasteiger partial charge on any atom is -0.339 e. The number of nitrogens with zero attached hydrogens (tertiary/aromatic N) is 6. The molecule has 0 bridgehead atoms. The molecule has 124 valence electrons. The van der Waals surface area contributed by atoms with Gasteiger partial charge in [0.1, 0.15) is 5.69 Å². The van der Waals surface area contributed by atoms with Crippen LogP contribution in [0.4, 0.5) is 5.13 Å². The highest BCUT2D eigenvalue weighted by Gasteiger charge is 2.32. The Labute approximate surface area is 145 Å². The molecule has 0 aliphatic carbocycles. The van der Waals surface area contributed by atoms with E-state index < -0.39 is 0 Å². The summed E-state index contributed by atoms with van der Waals surface area (Å²) >= 11 is 1.61. The molecule has 1 aliphatic heterocycles. The summed E-state index contributed by atoms with van der Waals surface area (Å²) in [6.45, 7) is 5.25. The summed E-state index contributed by atoms with van der Waals surface area (Å²) < 4.78 is 1.97. The van der Waals surface area contributed by atoms with Crippen LogP contribution in [-0.2, 0) is 7.05 Å². The summed E-state index contributed by atoms with van der Waals surface area (Å²) in [5, 5.41) is 15.2. The van der Waals surface area contributed by atoms with Crippen molar-refractivity contribution in [3.63, 3.8) is 0 Å². The van der Waals surface area contributed by atoms with Gasteiger partial charge in [0, 0.05) is 31.0 Å². The van der Waals surface area contributed by atoms with Crippen molar-refractivity contribution in [1.82, 2.24) is 25.0 Å². The van der Waals surface area contributed by atoms with E-state index in [2.05, 4.69) is 39.0 Å². The summed E-state index contributed by atoms with van der Waals surface area (Å²) in [6.07, 6.45) is 4.08. The van der Waals surface area contributed by atoms with Gasteiger partial charge in [0.25, 0.3) is 0 Å². The maximum Gasteiger partial charge on any atom is 0.209 e. The quantitative estimate of drug-likeness (QED) is 0.732. The maximum absolute atomic E-state index is 4.58. The second-order valence-electron chi connectivity index (χ2n) is 6.16. The molecule has 1 unspecified atom stereocenters. The van der Waals surface area contributed by atoms with Crippen LogP contribution in [0.5, 0.6) is 0 Å². The van der Waals surface area contributed by atoms with E-state index in [4.69, 9.17) is 0 Å². The van der Waals surface area contributed by atoms with Crippen LogP contribution in [0.25, 0.3) is 10.7 Å². The van der Waals surface area contributed by atoms with E-state index in [0.717, 1.165) is 40.9 Å². The highest BCUT2D eigenvalue weighted by atomic mass is 32.1. The maximum atomic E-state index is 4.58. The van der Waals surface area contributed by atoms with Gasteiger partial charge in [-0.3, -0.25) is 9.67 Å². The average molecular weight is 340 g/mol. The Balaban J connectivity index is 1.68. The molecular weight excluding hydrogens is 320 g/mol. The van der Waals surface area contributed by atoms with Gasteiger partial charge in [-0.05, 0) is 38.8 Å². The molecule has 0 spiro atoms. The van der Waals surface area contributed by atoms with Crippen LogP contribution >= 0.6 is 11.3 Å².